The Morgan fingerprint density at radius 3 is 2.58 bits per heavy atom. The van der Waals surface area contributed by atoms with Gasteiger partial charge in [-0.2, -0.15) is 0 Å². The average molecular weight is 445 g/mol. The molecule has 1 aliphatic heterocycles. The molecule has 3 N–H and O–H groups in total. The Bertz CT molecular complexity index is 1200. The molecule has 2 aromatic carbocycles. The molecule has 1 amide bonds. The fourth-order valence-electron chi connectivity index (χ4n) is 4.20. The van der Waals surface area contributed by atoms with Crippen LogP contribution in [0.5, 0.6) is 5.75 Å². The Hall–Kier alpha value is -3.38. The molecule has 1 aromatic heterocycles. The molecule has 2 heterocycles. The van der Waals surface area contributed by atoms with Gasteiger partial charge in [0.15, 0.2) is 0 Å². The minimum atomic E-state index is -0.390. The largest absolute Gasteiger partial charge is 0.495 e. The van der Waals surface area contributed by atoms with E-state index in [0.29, 0.717) is 17.0 Å². The lowest BCUT2D eigenvalue weighted by atomic mass is 9.95. The van der Waals surface area contributed by atoms with E-state index in [2.05, 4.69) is 34.9 Å². The van der Waals surface area contributed by atoms with Gasteiger partial charge in [0.1, 0.15) is 5.75 Å². The molecule has 3 aromatic rings. The lowest BCUT2D eigenvalue weighted by Gasteiger charge is -2.24. The second-order valence-electron chi connectivity index (χ2n) is 8.94. The number of benzene rings is 2. The van der Waals surface area contributed by atoms with Gasteiger partial charge in [0.2, 0.25) is 0 Å². The first kappa shape index (κ1) is 22.8. The van der Waals surface area contributed by atoms with Crippen molar-refractivity contribution in [3.05, 3.63) is 71.4 Å². The van der Waals surface area contributed by atoms with Crippen molar-refractivity contribution in [2.75, 3.05) is 33.0 Å². The molecule has 1 aliphatic carbocycles. The summed E-state index contributed by atoms with van der Waals surface area (Å²) in [6.07, 6.45) is 6.77. The van der Waals surface area contributed by atoms with E-state index >= 15 is 0 Å². The molecule has 6 nitrogen and oxygen atoms in total. The van der Waals surface area contributed by atoms with Gasteiger partial charge in [0.05, 0.1) is 23.9 Å². The molecule has 5 rings (SSSR count). The number of hydrogen-bond acceptors (Lipinski definition) is 5. The summed E-state index contributed by atoms with van der Waals surface area (Å²) >= 11 is 0. The SMILES string of the molecule is C=Cc1cc(C2(NC(=O)c3cc(OC)c(N)cc3C)CC2)c2cccnc2c1.CN1CCC1. The first-order chi connectivity index (χ1) is 15.9. The fraction of sp³-hybridized carbons (Fsp3) is 0.333. The number of anilines is 1. The summed E-state index contributed by atoms with van der Waals surface area (Å²) in [5, 5.41) is 4.31. The lowest BCUT2D eigenvalue weighted by molar-refractivity contribution is 0.0930. The lowest BCUT2D eigenvalue weighted by Crippen LogP contribution is -2.35. The number of nitrogens with two attached hydrogens (primary N) is 1. The van der Waals surface area contributed by atoms with Gasteiger partial charge >= 0.3 is 0 Å². The van der Waals surface area contributed by atoms with Crippen LogP contribution in [-0.4, -0.2) is 43.0 Å². The fourth-order valence-corrected chi connectivity index (χ4v) is 4.20. The number of aromatic nitrogens is 1. The number of nitrogen functional groups attached to an aromatic ring is 1. The smallest absolute Gasteiger partial charge is 0.252 e. The molecule has 1 saturated heterocycles. The average Bonchev–Trinajstić information content (AvgIpc) is 3.57. The van der Waals surface area contributed by atoms with E-state index in [9.17, 15) is 4.79 Å². The number of pyridine rings is 1. The maximum absolute atomic E-state index is 13.1. The van der Waals surface area contributed by atoms with Crippen molar-refractivity contribution in [1.82, 2.24) is 15.2 Å². The highest BCUT2D eigenvalue weighted by Crippen LogP contribution is 2.48. The third-order valence-electron chi connectivity index (χ3n) is 6.50. The minimum absolute atomic E-state index is 0.130. The molecule has 6 heteroatoms. The van der Waals surface area contributed by atoms with Crippen LogP contribution >= 0.6 is 0 Å². The molecule has 0 atom stereocenters. The van der Waals surface area contributed by atoms with Crippen molar-refractivity contribution < 1.29 is 9.53 Å². The van der Waals surface area contributed by atoms with Crippen molar-refractivity contribution in [3.63, 3.8) is 0 Å². The van der Waals surface area contributed by atoms with Gasteiger partial charge in [-0.1, -0.05) is 18.7 Å². The summed E-state index contributed by atoms with van der Waals surface area (Å²) in [7, 11) is 3.69. The quantitative estimate of drug-likeness (QED) is 0.566. The van der Waals surface area contributed by atoms with Gasteiger partial charge in [-0.25, -0.2) is 0 Å². The van der Waals surface area contributed by atoms with E-state index in [4.69, 9.17) is 10.5 Å². The molecule has 2 fully saturated rings. The number of carbonyl (C=O) groups is 1. The van der Waals surface area contributed by atoms with Crippen LogP contribution in [0.4, 0.5) is 5.69 Å². The highest BCUT2D eigenvalue weighted by atomic mass is 16.5. The van der Waals surface area contributed by atoms with E-state index in [1.807, 2.05) is 31.2 Å². The Kier molecular flexibility index (Phi) is 6.38. The molecular weight excluding hydrogens is 412 g/mol. The zero-order valence-corrected chi connectivity index (χ0v) is 19.6. The molecule has 0 unspecified atom stereocenters. The third kappa shape index (κ3) is 4.71. The van der Waals surface area contributed by atoms with Crippen molar-refractivity contribution >= 4 is 28.6 Å². The number of likely N-dealkylation sites (tertiary alicyclic amines) is 1. The number of aryl methyl sites for hydroxylation is 1. The van der Waals surface area contributed by atoms with Crippen molar-refractivity contribution in [3.8, 4) is 5.75 Å². The summed E-state index contributed by atoms with van der Waals surface area (Å²) in [6.45, 7) is 8.40. The maximum atomic E-state index is 13.1. The van der Waals surface area contributed by atoms with Crippen LogP contribution in [0.15, 0.2) is 49.2 Å². The molecule has 33 heavy (non-hydrogen) atoms. The number of amides is 1. The van der Waals surface area contributed by atoms with Crippen LogP contribution in [0.3, 0.4) is 0 Å². The van der Waals surface area contributed by atoms with E-state index in [1.54, 1.807) is 25.4 Å². The number of fused-ring (bicyclic) bond motifs is 1. The number of nitrogens with zero attached hydrogens (tertiary/aromatic N) is 2. The zero-order valence-electron chi connectivity index (χ0n) is 19.6. The van der Waals surface area contributed by atoms with E-state index in [0.717, 1.165) is 40.4 Å². The number of nitrogens with one attached hydrogen (secondary N) is 1. The van der Waals surface area contributed by atoms with Crippen molar-refractivity contribution in [2.45, 2.75) is 31.7 Å². The Morgan fingerprint density at radius 2 is 2.00 bits per heavy atom. The van der Waals surface area contributed by atoms with Crippen LogP contribution < -0.4 is 15.8 Å². The summed E-state index contributed by atoms with van der Waals surface area (Å²) in [6, 6.07) is 11.6. The van der Waals surface area contributed by atoms with Crippen molar-refractivity contribution in [2.24, 2.45) is 0 Å². The van der Waals surface area contributed by atoms with Crippen molar-refractivity contribution in [1.29, 1.82) is 0 Å². The number of methoxy groups -OCH3 is 1. The predicted octanol–water partition coefficient (Wildman–Crippen LogP) is 4.52. The monoisotopic (exact) mass is 444 g/mol. The van der Waals surface area contributed by atoms with Crippen LogP contribution in [-0.2, 0) is 5.54 Å². The van der Waals surface area contributed by atoms with Gasteiger partial charge < -0.3 is 20.7 Å². The van der Waals surface area contributed by atoms with Crippen LogP contribution in [0.25, 0.3) is 17.0 Å². The van der Waals surface area contributed by atoms with Gasteiger partial charge in [0.25, 0.3) is 5.91 Å². The summed E-state index contributed by atoms with van der Waals surface area (Å²) in [5.74, 6) is 0.373. The zero-order chi connectivity index (χ0) is 23.6. The summed E-state index contributed by atoms with van der Waals surface area (Å²) < 4.78 is 5.28. The molecule has 2 aliphatic rings. The molecule has 0 spiro atoms. The summed E-state index contributed by atoms with van der Waals surface area (Å²) in [5.41, 5.74) is 10.5. The topological polar surface area (TPSA) is 80.5 Å². The van der Waals surface area contributed by atoms with E-state index in [1.165, 1.54) is 19.5 Å². The highest BCUT2D eigenvalue weighted by Gasteiger charge is 2.47. The minimum Gasteiger partial charge on any atom is -0.495 e. The predicted molar refractivity (Wildman–Crippen MR) is 134 cm³/mol. The molecule has 0 radical (unpaired) electrons. The van der Waals surface area contributed by atoms with E-state index < -0.39 is 5.54 Å². The second kappa shape index (κ2) is 9.24. The number of carbonyl (C=O) groups excluding carboxylic acids is 1. The number of hydrogen-bond donors (Lipinski definition) is 2. The molecule has 0 bridgehead atoms. The van der Waals surface area contributed by atoms with Gasteiger partial charge in [-0.3, -0.25) is 9.78 Å². The van der Waals surface area contributed by atoms with Gasteiger partial charge in [-0.05, 0) is 93.3 Å². The van der Waals surface area contributed by atoms with Gasteiger partial charge in [0, 0.05) is 17.1 Å². The standard InChI is InChI=1S/C23H23N3O2.C4H9N/c1-4-15-11-18(16-6-5-9-25-20(16)12-15)23(7-8-23)26-22(27)17-13-21(28-3)19(24)10-14(17)2;1-5-3-2-4-5/h4-6,9-13H,1,7-8,24H2,2-3H3,(H,26,27);2-4H2,1H3. The second-order valence-corrected chi connectivity index (χ2v) is 8.94. The number of ether oxygens (including phenoxy) is 1. The number of rotatable bonds is 5. The molecular formula is C27H32N4O2. The van der Waals surface area contributed by atoms with E-state index in [-0.39, 0.29) is 5.91 Å². The van der Waals surface area contributed by atoms with Crippen LogP contribution in [0, 0.1) is 6.92 Å². The maximum Gasteiger partial charge on any atom is 0.252 e. The third-order valence-corrected chi connectivity index (χ3v) is 6.50. The normalized spacial score (nSPS) is 16.2. The highest BCUT2D eigenvalue weighted by molar-refractivity contribution is 5.98. The Morgan fingerprint density at radius 1 is 1.27 bits per heavy atom. The Balaban J connectivity index is 0.000000459. The summed E-state index contributed by atoms with van der Waals surface area (Å²) in [4.78, 5) is 19.9. The van der Waals surface area contributed by atoms with Gasteiger partial charge in [-0.15, -0.1) is 0 Å². The first-order valence-corrected chi connectivity index (χ1v) is 11.3. The first-order valence-electron chi connectivity index (χ1n) is 11.3. The van der Waals surface area contributed by atoms with Crippen LogP contribution in [0.2, 0.25) is 0 Å². The molecule has 172 valence electrons. The van der Waals surface area contributed by atoms with Crippen LogP contribution in [0.1, 0.15) is 46.3 Å². The molecule has 1 saturated carbocycles. The Labute approximate surface area is 195 Å².